The number of piperidine rings is 1. The number of rotatable bonds is 8. The molecule has 168 valence electrons. The van der Waals surface area contributed by atoms with Crippen LogP contribution in [0.25, 0.3) is 0 Å². The van der Waals surface area contributed by atoms with Crippen LogP contribution in [-0.4, -0.2) is 47.8 Å². The summed E-state index contributed by atoms with van der Waals surface area (Å²) >= 11 is 0. The number of benzene rings is 2. The van der Waals surface area contributed by atoms with Gasteiger partial charge in [0.25, 0.3) is 0 Å². The van der Waals surface area contributed by atoms with E-state index in [-0.39, 0.29) is 23.8 Å². The summed E-state index contributed by atoms with van der Waals surface area (Å²) in [6.45, 7) is 6.06. The molecule has 3 rings (SSSR count). The molecule has 6 heteroatoms. The molecule has 1 heterocycles. The van der Waals surface area contributed by atoms with Gasteiger partial charge >= 0.3 is 0 Å². The number of carbonyl (C=O) groups excluding carboxylic acids is 1. The number of hydrogen-bond acceptors (Lipinski definition) is 5. The summed E-state index contributed by atoms with van der Waals surface area (Å²) in [5.74, 6) is 1.35. The smallest absolute Gasteiger partial charge is 0.223 e. The zero-order valence-electron chi connectivity index (χ0n) is 18.6. The highest BCUT2D eigenvalue weighted by Crippen LogP contribution is 2.43. The van der Waals surface area contributed by atoms with Crippen molar-refractivity contribution in [1.82, 2.24) is 4.90 Å². The summed E-state index contributed by atoms with van der Waals surface area (Å²) < 4.78 is 11.1. The van der Waals surface area contributed by atoms with E-state index < -0.39 is 5.92 Å². The third kappa shape index (κ3) is 5.43. The van der Waals surface area contributed by atoms with Crippen LogP contribution in [0, 0.1) is 5.92 Å². The number of phenolic OH excluding ortho intramolecular Hbond substituents is 2. The molecule has 0 bridgehead atoms. The maximum atomic E-state index is 13.3. The van der Waals surface area contributed by atoms with Crippen molar-refractivity contribution < 1.29 is 24.5 Å². The number of hydrogen-bond donors (Lipinski definition) is 2. The van der Waals surface area contributed by atoms with Gasteiger partial charge in [-0.25, -0.2) is 0 Å². The quantitative estimate of drug-likeness (QED) is 0.640. The van der Waals surface area contributed by atoms with E-state index in [9.17, 15) is 15.0 Å². The fraction of sp³-hybridized carbons (Fsp3) is 0.480. The van der Waals surface area contributed by atoms with Gasteiger partial charge < -0.3 is 24.6 Å². The first kappa shape index (κ1) is 22.8. The highest BCUT2D eigenvalue weighted by atomic mass is 16.5. The van der Waals surface area contributed by atoms with E-state index in [0.717, 1.165) is 37.9 Å². The van der Waals surface area contributed by atoms with Gasteiger partial charge in [0, 0.05) is 43.1 Å². The second kappa shape index (κ2) is 10.4. The highest BCUT2D eigenvalue weighted by molar-refractivity contribution is 5.78. The van der Waals surface area contributed by atoms with Crippen LogP contribution in [0.5, 0.6) is 23.0 Å². The number of phenols is 2. The van der Waals surface area contributed by atoms with Crippen molar-refractivity contribution in [1.29, 1.82) is 0 Å². The molecule has 1 aliphatic heterocycles. The number of carbonyl (C=O) groups is 1. The van der Waals surface area contributed by atoms with Crippen LogP contribution in [0.2, 0.25) is 0 Å². The topological polar surface area (TPSA) is 79.2 Å². The van der Waals surface area contributed by atoms with Crippen LogP contribution in [-0.2, 0) is 4.79 Å². The number of aromatic hydroxyl groups is 2. The Morgan fingerprint density at radius 2 is 1.94 bits per heavy atom. The number of methoxy groups -OCH3 is 1. The van der Waals surface area contributed by atoms with E-state index in [4.69, 9.17) is 9.47 Å². The highest BCUT2D eigenvalue weighted by Gasteiger charge is 2.29. The number of ether oxygens (including phenoxy) is 2. The average Bonchev–Trinajstić information content (AvgIpc) is 2.78. The predicted octanol–water partition coefficient (Wildman–Crippen LogP) is 4.68. The van der Waals surface area contributed by atoms with Crippen molar-refractivity contribution in [2.24, 2.45) is 5.92 Å². The molecule has 2 N–H and O–H groups in total. The summed E-state index contributed by atoms with van der Waals surface area (Å²) in [7, 11) is 1.54. The Kier molecular flexibility index (Phi) is 7.66. The van der Waals surface area contributed by atoms with E-state index in [1.165, 1.54) is 0 Å². The Morgan fingerprint density at radius 1 is 1.19 bits per heavy atom. The van der Waals surface area contributed by atoms with Crippen LogP contribution in [0.1, 0.15) is 56.6 Å². The van der Waals surface area contributed by atoms with Crippen LogP contribution < -0.4 is 9.47 Å². The van der Waals surface area contributed by atoms with Gasteiger partial charge in [-0.1, -0.05) is 25.5 Å². The second-order valence-electron chi connectivity index (χ2n) is 8.10. The third-order valence-corrected chi connectivity index (χ3v) is 6.10. The first-order valence-corrected chi connectivity index (χ1v) is 11.1. The summed E-state index contributed by atoms with van der Waals surface area (Å²) in [6, 6.07) is 10.1. The van der Waals surface area contributed by atoms with Gasteiger partial charge in [0.2, 0.25) is 5.91 Å². The molecule has 2 aromatic carbocycles. The Hall–Kier alpha value is -2.89. The van der Waals surface area contributed by atoms with Crippen molar-refractivity contribution in [2.45, 2.75) is 45.4 Å². The summed E-state index contributed by atoms with van der Waals surface area (Å²) in [5.41, 5.74) is 1.38. The SMILES string of the molecule is CCOc1cc(O)c(C(CC(=O)N2CCCC(CC)C2)c2ccc(O)cc2)c(OC)c1. The van der Waals surface area contributed by atoms with E-state index in [1.54, 1.807) is 43.5 Å². The van der Waals surface area contributed by atoms with Gasteiger partial charge in [-0.15, -0.1) is 0 Å². The van der Waals surface area contributed by atoms with E-state index in [2.05, 4.69) is 6.92 Å². The molecule has 0 spiro atoms. The summed E-state index contributed by atoms with van der Waals surface area (Å²) in [4.78, 5) is 15.2. The number of likely N-dealkylation sites (tertiary alicyclic amines) is 1. The zero-order chi connectivity index (χ0) is 22.4. The lowest BCUT2D eigenvalue weighted by molar-refractivity contribution is -0.133. The Bertz CT molecular complexity index is 880. The van der Waals surface area contributed by atoms with E-state index in [1.807, 2.05) is 11.8 Å². The molecule has 1 fully saturated rings. The molecule has 1 saturated heterocycles. The van der Waals surface area contributed by atoms with Gasteiger partial charge in [-0.2, -0.15) is 0 Å². The molecular weight excluding hydrogens is 394 g/mol. The molecule has 6 nitrogen and oxygen atoms in total. The van der Waals surface area contributed by atoms with Crippen molar-refractivity contribution in [3.63, 3.8) is 0 Å². The predicted molar refractivity (Wildman–Crippen MR) is 120 cm³/mol. The van der Waals surface area contributed by atoms with Gasteiger partial charge in [-0.05, 0) is 43.4 Å². The monoisotopic (exact) mass is 427 g/mol. The van der Waals surface area contributed by atoms with Crippen molar-refractivity contribution in [3.05, 3.63) is 47.5 Å². The fourth-order valence-corrected chi connectivity index (χ4v) is 4.38. The largest absolute Gasteiger partial charge is 0.508 e. The molecule has 0 aliphatic carbocycles. The molecule has 0 saturated carbocycles. The molecule has 2 atom stereocenters. The minimum atomic E-state index is -0.416. The first-order chi connectivity index (χ1) is 15.0. The lowest BCUT2D eigenvalue weighted by Gasteiger charge is -2.33. The number of nitrogens with zero attached hydrogens (tertiary/aromatic N) is 1. The maximum Gasteiger partial charge on any atom is 0.223 e. The number of amides is 1. The molecular formula is C25H33NO5. The van der Waals surface area contributed by atoms with E-state index >= 15 is 0 Å². The molecule has 31 heavy (non-hydrogen) atoms. The Morgan fingerprint density at radius 3 is 2.58 bits per heavy atom. The minimum Gasteiger partial charge on any atom is -0.508 e. The van der Waals surface area contributed by atoms with Crippen LogP contribution in [0.3, 0.4) is 0 Å². The van der Waals surface area contributed by atoms with Crippen LogP contribution in [0.15, 0.2) is 36.4 Å². The molecule has 2 aromatic rings. The molecule has 1 amide bonds. The van der Waals surface area contributed by atoms with Crippen LogP contribution >= 0.6 is 0 Å². The Balaban J connectivity index is 1.98. The summed E-state index contributed by atoms with van der Waals surface area (Å²) in [6.07, 6.45) is 3.46. The fourth-order valence-electron chi connectivity index (χ4n) is 4.38. The lowest BCUT2D eigenvalue weighted by atomic mass is 9.86. The average molecular weight is 428 g/mol. The standard InChI is InChI=1S/C25H33NO5/c1-4-17-7-6-12-26(16-17)24(29)15-21(18-8-10-19(27)11-9-18)25-22(28)13-20(31-5-2)14-23(25)30-3/h8-11,13-14,17,21,27-28H,4-7,12,15-16H2,1-3H3. The van der Waals surface area contributed by atoms with Crippen molar-refractivity contribution >= 4 is 5.91 Å². The third-order valence-electron chi connectivity index (χ3n) is 6.10. The van der Waals surface area contributed by atoms with Gasteiger partial charge in [-0.3, -0.25) is 4.79 Å². The molecule has 1 aliphatic rings. The maximum absolute atomic E-state index is 13.3. The van der Waals surface area contributed by atoms with Gasteiger partial charge in [0.15, 0.2) is 0 Å². The van der Waals surface area contributed by atoms with E-state index in [0.29, 0.717) is 29.6 Å². The van der Waals surface area contributed by atoms with Gasteiger partial charge in [0.1, 0.15) is 23.0 Å². The molecule has 2 unspecified atom stereocenters. The van der Waals surface area contributed by atoms with Crippen molar-refractivity contribution in [3.8, 4) is 23.0 Å². The minimum absolute atomic E-state index is 0.0266. The zero-order valence-corrected chi connectivity index (χ0v) is 18.6. The second-order valence-corrected chi connectivity index (χ2v) is 8.10. The lowest BCUT2D eigenvalue weighted by Crippen LogP contribution is -2.40. The van der Waals surface area contributed by atoms with Gasteiger partial charge in [0.05, 0.1) is 13.7 Å². The molecule has 0 aromatic heterocycles. The normalized spacial score (nSPS) is 17.3. The molecule has 0 radical (unpaired) electrons. The van der Waals surface area contributed by atoms with Crippen LogP contribution in [0.4, 0.5) is 0 Å². The van der Waals surface area contributed by atoms with Crippen molar-refractivity contribution in [2.75, 3.05) is 26.8 Å². The Labute approximate surface area is 184 Å². The summed E-state index contributed by atoms with van der Waals surface area (Å²) in [5, 5.41) is 20.6. The first-order valence-electron chi connectivity index (χ1n) is 11.1.